The van der Waals surface area contributed by atoms with Crippen molar-refractivity contribution in [3.63, 3.8) is 0 Å². The molecule has 23 heavy (non-hydrogen) atoms. The van der Waals surface area contributed by atoms with Crippen molar-refractivity contribution in [1.29, 1.82) is 0 Å². The van der Waals surface area contributed by atoms with Crippen LogP contribution in [0.4, 0.5) is 10.1 Å². The number of halogens is 2. The summed E-state index contributed by atoms with van der Waals surface area (Å²) in [6, 6.07) is 4.22. The molecule has 0 aromatic heterocycles. The van der Waals surface area contributed by atoms with Gasteiger partial charge in [-0.15, -0.1) is 0 Å². The van der Waals surface area contributed by atoms with Gasteiger partial charge >= 0.3 is 0 Å². The van der Waals surface area contributed by atoms with Crippen molar-refractivity contribution in [2.75, 3.05) is 11.9 Å². The van der Waals surface area contributed by atoms with Crippen molar-refractivity contribution in [2.24, 2.45) is 11.8 Å². The van der Waals surface area contributed by atoms with Crippen LogP contribution < -0.4 is 5.32 Å². The second kappa shape index (κ2) is 6.23. The van der Waals surface area contributed by atoms with Crippen LogP contribution in [-0.4, -0.2) is 29.2 Å². The minimum Gasteiger partial charge on any atom is -0.322 e. The van der Waals surface area contributed by atoms with E-state index in [1.807, 2.05) is 12.2 Å². The van der Waals surface area contributed by atoms with Gasteiger partial charge in [0.1, 0.15) is 12.4 Å². The first-order valence-corrected chi connectivity index (χ1v) is 8.02. The van der Waals surface area contributed by atoms with Gasteiger partial charge in [0.05, 0.1) is 17.5 Å². The fourth-order valence-corrected chi connectivity index (χ4v) is 3.28. The summed E-state index contributed by atoms with van der Waals surface area (Å²) in [5.74, 6) is -2.58. The molecule has 1 aliphatic carbocycles. The lowest BCUT2D eigenvalue weighted by molar-refractivity contribution is -0.142. The number of carbonyl (C=O) groups is 3. The number of allylic oxidation sites excluding steroid dienone is 2. The number of likely N-dealkylation sites (tertiary alicyclic amines) is 1. The van der Waals surface area contributed by atoms with E-state index in [9.17, 15) is 18.8 Å². The molecule has 0 spiro atoms. The molecular formula is C16H14BrFN2O3. The maximum absolute atomic E-state index is 13.7. The number of nitrogens with zero attached hydrogens (tertiary/aromatic N) is 1. The molecule has 120 valence electrons. The summed E-state index contributed by atoms with van der Waals surface area (Å²) in [5, 5.41) is 2.39. The van der Waals surface area contributed by atoms with Crippen molar-refractivity contribution in [3.8, 4) is 0 Å². The summed E-state index contributed by atoms with van der Waals surface area (Å²) in [4.78, 5) is 37.6. The molecule has 1 aliphatic heterocycles. The van der Waals surface area contributed by atoms with Gasteiger partial charge in [0, 0.05) is 4.47 Å². The second-order valence-corrected chi connectivity index (χ2v) is 6.51. The molecule has 2 atom stereocenters. The summed E-state index contributed by atoms with van der Waals surface area (Å²) in [6.07, 6.45) is 4.81. The van der Waals surface area contributed by atoms with Crippen LogP contribution in [0.5, 0.6) is 0 Å². The van der Waals surface area contributed by atoms with E-state index in [-0.39, 0.29) is 35.9 Å². The van der Waals surface area contributed by atoms with Crippen LogP contribution >= 0.6 is 15.9 Å². The van der Waals surface area contributed by atoms with Gasteiger partial charge in [0.25, 0.3) is 0 Å². The molecular weight excluding hydrogens is 367 g/mol. The zero-order chi connectivity index (χ0) is 16.6. The first kappa shape index (κ1) is 15.9. The topological polar surface area (TPSA) is 66.5 Å². The maximum atomic E-state index is 13.7. The van der Waals surface area contributed by atoms with Crippen LogP contribution in [0.1, 0.15) is 12.8 Å². The van der Waals surface area contributed by atoms with Gasteiger partial charge in [-0.3, -0.25) is 19.3 Å². The second-order valence-electron chi connectivity index (χ2n) is 5.59. The molecule has 0 radical (unpaired) electrons. The van der Waals surface area contributed by atoms with E-state index < -0.39 is 11.7 Å². The molecule has 1 aromatic carbocycles. The molecule has 0 bridgehead atoms. The summed E-state index contributed by atoms with van der Waals surface area (Å²) in [7, 11) is 0. The van der Waals surface area contributed by atoms with Crippen molar-refractivity contribution in [3.05, 3.63) is 40.6 Å². The minimum absolute atomic E-state index is 0.0105. The number of nitrogens with one attached hydrogen (secondary N) is 1. The molecule has 2 aliphatic rings. The molecule has 1 saturated heterocycles. The smallest absolute Gasteiger partial charge is 0.244 e. The highest BCUT2D eigenvalue weighted by molar-refractivity contribution is 9.10. The lowest BCUT2D eigenvalue weighted by Gasteiger charge is -2.14. The number of hydrogen-bond donors (Lipinski definition) is 1. The lowest BCUT2D eigenvalue weighted by atomic mass is 9.85. The zero-order valence-electron chi connectivity index (χ0n) is 12.1. The molecule has 1 heterocycles. The number of carbonyl (C=O) groups excluding carboxylic acids is 3. The van der Waals surface area contributed by atoms with Crippen molar-refractivity contribution in [1.82, 2.24) is 4.90 Å². The van der Waals surface area contributed by atoms with E-state index >= 15 is 0 Å². The quantitative estimate of drug-likeness (QED) is 0.646. The van der Waals surface area contributed by atoms with Gasteiger partial charge in [0.15, 0.2) is 0 Å². The van der Waals surface area contributed by atoms with Gasteiger partial charge in [-0.1, -0.05) is 28.1 Å². The van der Waals surface area contributed by atoms with E-state index in [1.54, 1.807) is 6.07 Å². The van der Waals surface area contributed by atoms with Gasteiger partial charge < -0.3 is 5.32 Å². The Balaban J connectivity index is 1.68. The molecule has 5 nitrogen and oxygen atoms in total. The minimum atomic E-state index is -0.598. The van der Waals surface area contributed by atoms with E-state index in [0.717, 1.165) is 4.90 Å². The summed E-state index contributed by atoms with van der Waals surface area (Å²) in [6.45, 7) is -0.389. The fraction of sp³-hybridized carbons (Fsp3) is 0.312. The fourth-order valence-electron chi connectivity index (χ4n) is 2.95. The normalized spacial score (nSPS) is 23.1. The zero-order valence-corrected chi connectivity index (χ0v) is 13.7. The van der Waals surface area contributed by atoms with Gasteiger partial charge in [-0.2, -0.15) is 0 Å². The molecule has 3 rings (SSSR count). The van der Waals surface area contributed by atoms with Gasteiger partial charge in [-0.25, -0.2) is 4.39 Å². The highest BCUT2D eigenvalue weighted by Gasteiger charge is 2.47. The summed E-state index contributed by atoms with van der Waals surface area (Å²) < 4.78 is 14.3. The van der Waals surface area contributed by atoms with Crippen molar-refractivity contribution >= 4 is 39.3 Å². The van der Waals surface area contributed by atoms with Gasteiger partial charge in [-0.05, 0) is 31.0 Å². The van der Waals surface area contributed by atoms with E-state index in [1.165, 1.54) is 12.1 Å². The van der Waals surface area contributed by atoms with Gasteiger partial charge in [0.2, 0.25) is 17.7 Å². The lowest BCUT2D eigenvalue weighted by Crippen LogP contribution is -2.38. The number of amides is 3. The molecule has 0 saturated carbocycles. The monoisotopic (exact) mass is 380 g/mol. The number of benzene rings is 1. The SMILES string of the molecule is O=C(CN1C(=O)[C@@H]2CC=CC[C@H]2C1=O)Nc1ccc(Br)cc1F. The Morgan fingerprint density at radius 3 is 2.39 bits per heavy atom. The Morgan fingerprint density at radius 2 is 1.83 bits per heavy atom. The molecule has 0 unspecified atom stereocenters. The summed E-state index contributed by atoms with van der Waals surface area (Å²) >= 11 is 3.13. The third kappa shape index (κ3) is 3.06. The van der Waals surface area contributed by atoms with Crippen LogP contribution in [0.15, 0.2) is 34.8 Å². The van der Waals surface area contributed by atoms with Crippen molar-refractivity contribution in [2.45, 2.75) is 12.8 Å². The van der Waals surface area contributed by atoms with Crippen molar-refractivity contribution < 1.29 is 18.8 Å². The Kier molecular flexibility index (Phi) is 4.30. The Bertz CT molecular complexity index is 693. The third-order valence-electron chi connectivity index (χ3n) is 4.11. The van der Waals surface area contributed by atoms with E-state index in [0.29, 0.717) is 17.3 Å². The highest BCUT2D eigenvalue weighted by Crippen LogP contribution is 2.34. The standard InChI is InChI=1S/C16H14BrFN2O3/c17-9-5-6-13(12(18)7-9)19-14(21)8-20-15(22)10-3-1-2-4-11(10)16(20)23/h1-2,5-7,10-11H,3-4,8H2,(H,19,21)/t10-,11-/m1/s1. The Hall–Kier alpha value is -2.02. The Morgan fingerprint density at radius 1 is 1.22 bits per heavy atom. The highest BCUT2D eigenvalue weighted by atomic mass is 79.9. The molecule has 1 N–H and O–H groups in total. The van der Waals surface area contributed by atoms with Crippen LogP contribution in [-0.2, 0) is 14.4 Å². The first-order valence-electron chi connectivity index (χ1n) is 7.22. The Labute approximate surface area is 140 Å². The number of anilines is 1. The molecule has 1 aromatic rings. The van der Waals surface area contributed by atoms with E-state index in [2.05, 4.69) is 21.2 Å². The number of fused-ring (bicyclic) bond motifs is 1. The summed E-state index contributed by atoms with van der Waals surface area (Å²) in [5.41, 5.74) is 0.0105. The predicted octanol–water partition coefficient (Wildman–Crippen LogP) is 2.48. The van der Waals surface area contributed by atoms with Crippen LogP contribution in [0.25, 0.3) is 0 Å². The first-order chi connectivity index (χ1) is 11.0. The predicted molar refractivity (Wildman–Crippen MR) is 84.8 cm³/mol. The molecule has 1 fully saturated rings. The largest absolute Gasteiger partial charge is 0.322 e. The van der Waals surface area contributed by atoms with E-state index in [4.69, 9.17) is 0 Å². The maximum Gasteiger partial charge on any atom is 0.244 e. The number of imide groups is 1. The number of rotatable bonds is 3. The number of hydrogen-bond acceptors (Lipinski definition) is 3. The third-order valence-corrected chi connectivity index (χ3v) is 4.60. The average molecular weight is 381 g/mol. The average Bonchev–Trinajstić information content (AvgIpc) is 2.76. The molecule has 3 amide bonds. The van der Waals surface area contributed by atoms with Crippen LogP contribution in [0.3, 0.4) is 0 Å². The van der Waals surface area contributed by atoms with Crippen LogP contribution in [0, 0.1) is 17.7 Å². The molecule has 7 heteroatoms. The van der Waals surface area contributed by atoms with Crippen LogP contribution in [0.2, 0.25) is 0 Å².